The minimum atomic E-state index is 0.403. The van der Waals surface area contributed by atoms with E-state index in [4.69, 9.17) is 4.74 Å². The Labute approximate surface area is 125 Å². The molecule has 21 heavy (non-hydrogen) atoms. The van der Waals surface area contributed by atoms with Crippen molar-refractivity contribution in [3.05, 3.63) is 36.5 Å². The number of anilines is 1. The third kappa shape index (κ3) is 2.03. The lowest BCUT2D eigenvalue weighted by molar-refractivity contribution is -0.157. The van der Waals surface area contributed by atoms with E-state index in [0.717, 1.165) is 18.5 Å². The zero-order valence-corrected chi connectivity index (χ0v) is 12.5. The number of hydrogen-bond acceptors (Lipinski definition) is 3. The standard InChI is InChI=1S/C18H22N2O/c1-2-21-17-12-16(18(17)8-4-9-18)20-14-6-7-15-13(11-14)5-3-10-19-15/h3,5-7,10-11,16-17,20H,2,4,8-9,12H2,1H3. The molecule has 0 bridgehead atoms. The Balaban J connectivity index is 1.52. The predicted octanol–water partition coefficient (Wildman–Crippen LogP) is 3.99. The van der Waals surface area contributed by atoms with Gasteiger partial charge < -0.3 is 10.1 Å². The summed E-state index contributed by atoms with van der Waals surface area (Å²) in [5.74, 6) is 0. The third-order valence-corrected chi connectivity index (χ3v) is 5.38. The molecule has 1 aromatic heterocycles. The summed E-state index contributed by atoms with van der Waals surface area (Å²) in [6, 6.07) is 11.1. The first kappa shape index (κ1) is 13.1. The van der Waals surface area contributed by atoms with Crippen molar-refractivity contribution in [2.75, 3.05) is 11.9 Å². The molecule has 0 amide bonds. The van der Waals surface area contributed by atoms with E-state index in [1.165, 1.54) is 30.3 Å². The van der Waals surface area contributed by atoms with Gasteiger partial charge in [-0.15, -0.1) is 0 Å². The molecule has 1 N–H and O–H groups in total. The SMILES string of the molecule is CCOC1CC(Nc2ccc3ncccc3c2)C12CCC2. The van der Waals surface area contributed by atoms with Gasteiger partial charge in [-0.05, 0) is 50.5 Å². The summed E-state index contributed by atoms with van der Waals surface area (Å²) < 4.78 is 5.92. The molecule has 4 rings (SSSR count). The maximum Gasteiger partial charge on any atom is 0.0703 e. The van der Waals surface area contributed by atoms with Gasteiger partial charge >= 0.3 is 0 Å². The summed E-state index contributed by atoms with van der Waals surface area (Å²) in [7, 11) is 0. The molecule has 0 aliphatic heterocycles. The monoisotopic (exact) mass is 282 g/mol. The van der Waals surface area contributed by atoms with E-state index in [0.29, 0.717) is 17.6 Å². The highest BCUT2D eigenvalue weighted by molar-refractivity contribution is 5.82. The Bertz CT molecular complexity index is 650. The molecule has 2 aromatic rings. The molecule has 0 radical (unpaired) electrons. The lowest BCUT2D eigenvalue weighted by atomic mass is 9.51. The van der Waals surface area contributed by atoms with Crippen molar-refractivity contribution in [2.45, 2.75) is 44.8 Å². The van der Waals surface area contributed by atoms with Crippen LogP contribution in [-0.4, -0.2) is 23.7 Å². The Morgan fingerprint density at radius 2 is 2.24 bits per heavy atom. The molecule has 2 fully saturated rings. The molecule has 3 nitrogen and oxygen atoms in total. The zero-order chi connectivity index (χ0) is 14.3. The second-order valence-electron chi connectivity index (χ2n) is 6.37. The van der Waals surface area contributed by atoms with E-state index in [1.54, 1.807) is 0 Å². The van der Waals surface area contributed by atoms with Gasteiger partial charge in [0.1, 0.15) is 0 Å². The topological polar surface area (TPSA) is 34.1 Å². The van der Waals surface area contributed by atoms with Crippen LogP contribution >= 0.6 is 0 Å². The number of pyridine rings is 1. The van der Waals surface area contributed by atoms with Crippen LogP contribution in [0.2, 0.25) is 0 Å². The molecule has 110 valence electrons. The molecule has 2 saturated carbocycles. The Morgan fingerprint density at radius 3 is 3.00 bits per heavy atom. The van der Waals surface area contributed by atoms with E-state index < -0.39 is 0 Å². The van der Waals surface area contributed by atoms with Gasteiger partial charge in [-0.2, -0.15) is 0 Å². The smallest absolute Gasteiger partial charge is 0.0703 e. The van der Waals surface area contributed by atoms with Crippen molar-refractivity contribution in [3.8, 4) is 0 Å². The molecule has 2 aliphatic carbocycles. The average Bonchev–Trinajstić information content (AvgIpc) is 2.44. The molecule has 2 unspecified atom stereocenters. The van der Waals surface area contributed by atoms with Gasteiger partial charge in [0.25, 0.3) is 0 Å². The fourth-order valence-electron chi connectivity index (χ4n) is 4.01. The summed E-state index contributed by atoms with van der Waals surface area (Å²) in [5, 5.41) is 4.94. The molecule has 1 heterocycles. The van der Waals surface area contributed by atoms with Gasteiger partial charge in [0.05, 0.1) is 11.6 Å². The van der Waals surface area contributed by atoms with Crippen molar-refractivity contribution in [3.63, 3.8) is 0 Å². The first-order chi connectivity index (χ1) is 10.3. The number of benzene rings is 1. The predicted molar refractivity (Wildman–Crippen MR) is 85.5 cm³/mol. The lowest BCUT2D eigenvalue weighted by Gasteiger charge is -2.61. The fourth-order valence-corrected chi connectivity index (χ4v) is 4.01. The maximum absolute atomic E-state index is 5.92. The van der Waals surface area contributed by atoms with E-state index in [2.05, 4.69) is 41.5 Å². The number of nitrogens with zero attached hydrogens (tertiary/aromatic N) is 1. The third-order valence-electron chi connectivity index (χ3n) is 5.38. The Kier molecular flexibility index (Phi) is 3.11. The van der Waals surface area contributed by atoms with Gasteiger partial charge in [0.15, 0.2) is 0 Å². The summed E-state index contributed by atoms with van der Waals surface area (Å²) in [6.45, 7) is 2.93. The van der Waals surface area contributed by atoms with E-state index in [1.807, 2.05) is 12.3 Å². The van der Waals surface area contributed by atoms with Crippen molar-refractivity contribution >= 4 is 16.6 Å². The van der Waals surface area contributed by atoms with Crippen molar-refractivity contribution < 1.29 is 4.74 Å². The highest BCUT2D eigenvalue weighted by atomic mass is 16.5. The number of ether oxygens (including phenoxy) is 1. The van der Waals surface area contributed by atoms with Crippen LogP contribution in [0.3, 0.4) is 0 Å². The molecule has 2 atom stereocenters. The van der Waals surface area contributed by atoms with E-state index in [-0.39, 0.29) is 0 Å². The van der Waals surface area contributed by atoms with Crippen LogP contribution in [0.1, 0.15) is 32.6 Å². The van der Waals surface area contributed by atoms with Crippen molar-refractivity contribution in [1.29, 1.82) is 0 Å². The van der Waals surface area contributed by atoms with Crippen LogP contribution in [0.25, 0.3) is 10.9 Å². The van der Waals surface area contributed by atoms with Gasteiger partial charge in [0, 0.05) is 35.3 Å². The minimum Gasteiger partial charge on any atom is -0.382 e. The Morgan fingerprint density at radius 1 is 1.33 bits per heavy atom. The average molecular weight is 282 g/mol. The van der Waals surface area contributed by atoms with E-state index >= 15 is 0 Å². The number of rotatable bonds is 4. The van der Waals surface area contributed by atoms with Gasteiger partial charge in [-0.3, -0.25) is 4.98 Å². The van der Waals surface area contributed by atoms with Crippen molar-refractivity contribution in [2.24, 2.45) is 5.41 Å². The van der Waals surface area contributed by atoms with E-state index in [9.17, 15) is 0 Å². The van der Waals surface area contributed by atoms with Crippen LogP contribution in [0.4, 0.5) is 5.69 Å². The Hall–Kier alpha value is -1.61. The molecule has 0 saturated heterocycles. The first-order valence-electron chi connectivity index (χ1n) is 8.05. The van der Waals surface area contributed by atoms with Crippen LogP contribution in [0.15, 0.2) is 36.5 Å². The molecular formula is C18H22N2O. The van der Waals surface area contributed by atoms with Crippen LogP contribution in [0.5, 0.6) is 0 Å². The largest absolute Gasteiger partial charge is 0.382 e. The minimum absolute atomic E-state index is 0.403. The zero-order valence-electron chi connectivity index (χ0n) is 12.5. The number of fused-ring (bicyclic) bond motifs is 1. The summed E-state index contributed by atoms with van der Waals surface area (Å²) in [5.41, 5.74) is 2.67. The highest BCUT2D eigenvalue weighted by Gasteiger charge is 2.58. The van der Waals surface area contributed by atoms with Crippen LogP contribution < -0.4 is 5.32 Å². The second kappa shape index (κ2) is 4.99. The molecule has 1 aromatic carbocycles. The first-order valence-corrected chi connectivity index (χ1v) is 8.05. The molecule has 1 spiro atoms. The molecule has 3 heteroatoms. The maximum atomic E-state index is 5.92. The van der Waals surface area contributed by atoms with Crippen LogP contribution in [-0.2, 0) is 4.74 Å². The van der Waals surface area contributed by atoms with Crippen molar-refractivity contribution in [1.82, 2.24) is 4.98 Å². The normalized spacial score (nSPS) is 26.3. The number of aromatic nitrogens is 1. The van der Waals surface area contributed by atoms with Gasteiger partial charge in [-0.25, -0.2) is 0 Å². The fraction of sp³-hybridized carbons (Fsp3) is 0.500. The quantitative estimate of drug-likeness (QED) is 0.920. The lowest BCUT2D eigenvalue weighted by Crippen LogP contribution is -2.64. The van der Waals surface area contributed by atoms with Gasteiger partial charge in [-0.1, -0.05) is 12.5 Å². The summed E-state index contributed by atoms with van der Waals surface area (Å²) in [6.07, 6.45) is 7.42. The molecule has 2 aliphatic rings. The van der Waals surface area contributed by atoms with Crippen LogP contribution in [0, 0.1) is 5.41 Å². The van der Waals surface area contributed by atoms with Gasteiger partial charge in [0.2, 0.25) is 0 Å². The number of nitrogens with one attached hydrogen (secondary N) is 1. The summed E-state index contributed by atoms with van der Waals surface area (Å²) in [4.78, 5) is 4.38. The number of hydrogen-bond donors (Lipinski definition) is 1. The highest BCUT2D eigenvalue weighted by Crippen LogP contribution is 2.58. The second-order valence-corrected chi connectivity index (χ2v) is 6.37. The summed E-state index contributed by atoms with van der Waals surface area (Å²) >= 11 is 0. The molecular weight excluding hydrogens is 260 g/mol.